The Morgan fingerprint density at radius 2 is 1.47 bits per heavy atom. The number of carbonyl (C=O) groups is 2. The molecule has 0 saturated heterocycles. The molecule has 0 heterocycles. The normalized spacial score (nSPS) is 10.3. The second-order valence-corrected chi connectivity index (χ2v) is 3.44. The summed E-state index contributed by atoms with van der Waals surface area (Å²) in [7, 11) is 4.30. The first-order chi connectivity index (χ1) is 9.03. The molecule has 6 nitrogen and oxygen atoms in total. The van der Waals surface area contributed by atoms with Crippen molar-refractivity contribution in [2.75, 3.05) is 21.3 Å². The molecule has 1 aromatic rings. The van der Waals surface area contributed by atoms with Crippen LogP contribution in [-0.2, 0) is 4.79 Å². The Labute approximate surface area is 110 Å². The molecule has 0 aliphatic heterocycles. The van der Waals surface area contributed by atoms with Crippen molar-refractivity contribution in [1.82, 2.24) is 0 Å². The predicted molar refractivity (Wildman–Crippen MR) is 67.2 cm³/mol. The van der Waals surface area contributed by atoms with Crippen LogP contribution >= 0.6 is 0 Å². The molecule has 0 spiro atoms. The highest BCUT2D eigenvalue weighted by molar-refractivity contribution is 6.09. The van der Waals surface area contributed by atoms with Crippen LogP contribution in [0.15, 0.2) is 24.3 Å². The number of ketones is 1. The van der Waals surface area contributed by atoms with Gasteiger partial charge in [0.1, 0.15) is 5.75 Å². The van der Waals surface area contributed by atoms with Crippen molar-refractivity contribution in [2.45, 2.75) is 0 Å². The maximum atomic E-state index is 11.9. The first-order valence-corrected chi connectivity index (χ1v) is 5.28. The van der Waals surface area contributed by atoms with Crippen LogP contribution in [0, 0.1) is 0 Å². The third-order valence-corrected chi connectivity index (χ3v) is 2.35. The quantitative estimate of drug-likeness (QED) is 0.621. The average molecular weight is 266 g/mol. The van der Waals surface area contributed by atoms with E-state index >= 15 is 0 Å². The molecule has 1 rings (SSSR count). The third kappa shape index (κ3) is 3.48. The van der Waals surface area contributed by atoms with Crippen molar-refractivity contribution in [3.05, 3.63) is 29.8 Å². The topological polar surface area (TPSA) is 82.1 Å². The summed E-state index contributed by atoms with van der Waals surface area (Å²) in [5.74, 6) is -0.654. The molecular weight excluding hydrogens is 252 g/mol. The summed E-state index contributed by atoms with van der Waals surface area (Å²) in [5, 5.41) is 8.50. The van der Waals surface area contributed by atoms with E-state index in [1.165, 1.54) is 33.5 Å². The van der Waals surface area contributed by atoms with Gasteiger partial charge in [0.2, 0.25) is 0 Å². The van der Waals surface area contributed by atoms with E-state index in [9.17, 15) is 9.59 Å². The van der Waals surface area contributed by atoms with Crippen molar-refractivity contribution < 1.29 is 28.9 Å². The first kappa shape index (κ1) is 14.6. The van der Waals surface area contributed by atoms with Crippen LogP contribution in [0.2, 0.25) is 0 Å². The zero-order valence-corrected chi connectivity index (χ0v) is 10.8. The monoisotopic (exact) mass is 266 g/mol. The van der Waals surface area contributed by atoms with E-state index in [1.807, 2.05) is 0 Å². The van der Waals surface area contributed by atoms with Gasteiger partial charge in [-0.05, 0) is 12.1 Å². The fourth-order valence-electron chi connectivity index (χ4n) is 1.46. The van der Waals surface area contributed by atoms with E-state index in [4.69, 9.17) is 19.3 Å². The third-order valence-electron chi connectivity index (χ3n) is 2.35. The molecule has 0 aliphatic rings. The Morgan fingerprint density at radius 3 is 1.95 bits per heavy atom. The van der Waals surface area contributed by atoms with Gasteiger partial charge in [-0.15, -0.1) is 0 Å². The van der Waals surface area contributed by atoms with Crippen molar-refractivity contribution in [2.24, 2.45) is 0 Å². The van der Waals surface area contributed by atoms with Gasteiger partial charge in [0.15, 0.2) is 17.3 Å². The molecule has 0 unspecified atom stereocenters. The molecule has 0 radical (unpaired) electrons. The summed E-state index contributed by atoms with van der Waals surface area (Å²) in [5.41, 5.74) is 0.192. The average Bonchev–Trinajstić information content (AvgIpc) is 2.42. The number of carbonyl (C=O) groups excluding carboxylic acids is 1. The van der Waals surface area contributed by atoms with E-state index < -0.39 is 11.8 Å². The molecule has 0 amide bonds. The number of allylic oxidation sites excluding steroid dienone is 1. The van der Waals surface area contributed by atoms with Crippen molar-refractivity contribution in [3.63, 3.8) is 0 Å². The van der Waals surface area contributed by atoms with Gasteiger partial charge in [0.25, 0.3) is 0 Å². The Kier molecular flexibility index (Phi) is 4.93. The molecule has 102 valence electrons. The van der Waals surface area contributed by atoms with Gasteiger partial charge in [-0.25, -0.2) is 4.79 Å². The molecule has 0 aromatic heterocycles. The number of hydrogen-bond donors (Lipinski definition) is 1. The minimum absolute atomic E-state index is 0.192. The molecule has 0 aliphatic carbocycles. The molecule has 0 fully saturated rings. The van der Waals surface area contributed by atoms with Gasteiger partial charge in [-0.2, -0.15) is 0 Å². The van der Waals surface area contributed by atoms with Gasteiger partial charge >= 0.3 is 5.97 Å². The molecule has 6 heteroatoms. The van der Waals surface area contributed by atoms with Gasteiger partial charge in [-0.3, -0.25) is 4.79 Å². The molecule has 0 saturated carbocycles. The first-order valence-electron chi connectivity index (χ1n) is 5.28. The summed E-state index contributed by atoms with van der Waals surface area (Å²) in [4.78, 5) is 22.3. The molecule has 0 bridgehead atoms. The summed E-state index contributed by atoms with van der Waals surface area (Å²) < 4.78 is 15.2. The summed E-state index contributed by atoms with van der Waals surface area (Å²) in [6, 6.07) is 2.94. The summed E-state index contributed by atoms with van der Waals surface area (Å²) in [6.45, 7) is 0. The number of hydrogen-bond acceptors (Lipinski definition) is 5. The largest absolute Gasteiger partial charge is 0.496 e. The van der Waals surface area contributed by atoms with Crippen LogP contribution in [0.1, 0.15) is 10.4 Å². The molecule has 1 aromatic carbocycles. The number of aliphatic carboxylic acids is 1. The van der Waals surface area contributed by atoms with Crippen LogP contribution in [0.3, 0.4) is 0 Å². The van der Waals surface area contributed by atoms with Crippen molar-refractivity contribution in [3.8, 4) is 17.2 Å². The minimum Gasteiger partial charge on any atom is -0.496 e. The standard InChI is InChI=1S/C13H14O6/c1-17-10-7-12(19-3)11(18-2)6-8(10)9(14)4-5-13(15)16/h4-7H,1-3H3,(H,15,16). The van der Waals surface area contributed by atoms with Gasteiger partial charge in [0, 0.05) is 12.1 Å². The number of carboxylic acids is 1. The van der Waals surface area contributed by atoms with Crippen LogP contribution in [0.4, 0.5) is 0 Å². The lowest BCUT2D eigenvalue weighted by Crippen LogP contribution is -2.02. The highest BCUT2D eigenvalue weighted by Crippen LogP contribution is 2.34. The lowest BCUT2D eigenvalue weighted by molar-refractivity contribution is -0.131. The maximum Gasteiger partial charge on any atom is 0.328 e. The molecular formula is C13H14O6. The zero-order chi connectivity index (χ0) is 14.4. The second-order valence-electron chi connectivity index (χ2n) is 3.44. The second kappa shape index (κ2) is 6.44. The lowest BCUT2D eigenvalue weighted by atomic mass is 10.1. The Balaban J connectivity index is 3.25. The number of rotatable bonds is 6. The van der Waals surface area contributed by atoms with Crippen molar-refractivity contribution >= 4 is 11.8 Å². The Bertz CT molecular complexity index is 518. The fourth-order valence-corrected chi connectivity index (χ4v) is 1.46. The van der Waals surface area contributed by atoms with Crippen LogP contribution in [0.5, 0.6) is 17.2 Å². The van der Waals surface area contributed by atoms with E-state index in [0.29, 0.717) is 11.5 Å². The van der Waals surface area contributed by atoms with E-state index in [-0.39, 0.29) is 11.3 Å². The Morgan fingerprint density at radius 1 is 0.947 bits per heavy atom. The van der Waals surface area contributed by atoms with Crippen LogP contribution in [-0.4, -0.2) is 38.2 Å². The predicted octanol–water partition coefficient (Wildman–Crippen LogP) is 1.54. The summed E-state index contributed by atoms with van der Waals surface area (Å²) >= 11 is 0. The smallest absolute Gasteiger partial charge is 0.328 e. The van der Waals surface area contributed by atoms with E-state index in [0.717, 1.165) is 12.2 Å². The lowest BCUT2D eigenvalue weighted by Gasteiger charge is -2.12. The number of benzene rings is 1. The fraction of sp³-hybridized carbons (Fsp3) is 0.231. The SMILES string of the molecule is COc1cc(OC)c(C(=O)C=CC(=O)O)cc1OC. The Hall–Kier alpha value is -2.50. The van der Waals surface area contributed by atoms with E-state index in [1.54, 1.807) is 0 Å². The minimum atomic E-state index is -1.20. The highest BCUT2D eigenvalue weighted by Gasteiger charge is 2.16. The van der Waals surface area contributed by atoms with Crippen LogP contribution < -0.4 is 14.2 Å². The van der Waals surface area contributed by atoms with Crippen molar-refractivity contribution in [1.29, 1.82) is 0 Å². The molecule has 0 atom stereocenters. The van der Waals surface area contributed by atoms with Gasteiger partial charge in [-0.1, -0.05) is 0 Å². The molecule has 1 N–H and O–H groups in total. The zero-order valence-electron chi connectivity index (χ0n) is 10.8. The number of methoxy groups -OCH3 is 3. The maximum absolute atomic E-state index is 11.9. The number of carboxylic acid groups (broad SMARTS) is 1. The van der Waals surface area contributed by atoms with Gasteiger partial charge < -0.3 is 19.3 Å². The van der Waals surface area contributed by atoms with Gasteiger partial charge in [0.05, 0.1) is 26.9 Å². The van der Waals surface area contributed by atoms with Crippen LogP contribution in [0.25, 0.3) is 0 Å². The molecule has 19 heavy (non-hydrogen) atoms. The number of ether oxygens (including phenoxy) is 3. The summed E-state index contributed by atoms with van der Waals surface area (Å²) in [6.07, 6.45) is 1.71. The highest BCUT2D eigenvalue weighted by atomic mass is 16.5. The van der Waals surface area contributed by atoms with E-state index in [2.05, 4.69) is 0 Å².